The van der Waals surface area contributed by atoms with Gasteiger partial charge in [-0.2, -0.15) is 0 Å². The average molecular weight is 292 g/mol. The monoisotopic (exact) mass is 292 g/mol. The first-order valence-electron chi connectivity index (χ1n) is 6.97. The normalized spacial score (nSPS) is 24.0. The molecule has 4 heteroatoms. The second kappa shape index (κ2) is 7.24. The highest BCUT2D eigenvalue weighted by molar-refractivity contribution is 5.93. The molecule has 0 amide bonds. The van der Waals surface area contributed by atoms with Crippen LogP contribution in [-0.2, 0) is 9.59 Å². The molecule has 2 N–H and O–H groups in total. The lowest BCUT2D eigenvalue weighted by Crippen LogP contribution is -2.48. The van der Waals surface area contributed by atoms with Gasteiger partial charge in [-0.15, -0.1) is 0 Å². The molecule has 0 heterocycles. The van der Waals surface area contributed by atoms with Crippen LogP contribution in [0.5, 0.6) is 0 Å². The van der Waals surface area contributed by atoms with Crippen molar-refractivity contribution in [1.29, 1.82) is 0 Å². The summed E-state index contributed by atoms with van der Waals surface area (Å²) in [6, 6.07) is 0. The summed E-state index contributed by atoms with van der Waals surface area (Å²) < 4.78 is 0. The minimum absolute atomic E-state index is 0.0354. The summed E-state index contributed by atoms with van der Waals surface area (Å²) in [7, 11) is 0. The van der Waals surface area contributed by atoms with Crippen molar-refractivity contribution in [1.82, 2.24) is 0 Å². The molecule has 0 fully saturated rings. The molecule has 0 saturated carbocycles. The molecule has 1 unspecified atom stereocenters. The maximum atomic E-state index is 11.5. The van der Waals surface area contributed by atoms with Gasteiger partial charge < -0.3 is 10.2 Å². The summed E-state index contributed by atoms with van der Waals surface area (Å²) >= 11 is 0. The number of carbonyl (C=O) groups is 2. The highest BCUT2D eigenvalue weighted by atomic mass is 16.4. The van der Waals surface area contributed by atoms with Crippen molar-refractivity contribution in [3.8, 4) is 11.8 Å². The lowest BCUT2D eigenvalue weighted by Gasteiger charge is -2.42. The van der Waals surface area contributed by atoms with E-state index < -0.39 is 17.0 Å². The standard InChI is InChI=1S/C15H18O4.C2H6/c1-10(7-13(17)18)5-6-15(19)11(2)8-12(16)9-14(15,3)4;1-2/h7-8,19H,9H2,1-4H3,(H,17,18);1-2H3/b10-7-;. The highest BCUT2D eigenvalue weighted by Crippen LogP contribution is 2.42. The second-order valence-electron chi connectivity index (χ2n) is 5.48. The summed E-state index contributed by atoms with van der Waals surface area (Å²) in [6.07, 6.45) is 2.59. The Hall–Kier alpha value is -1.86. The zero-order chi connectivity index (χ0) is 16.8. The molecule has 1 atom stereocenters. The van der Waals surface area contributed by atoms with E-state index >= 15 is 0 Å². The molecule has 1 rings (SSSR count). The first-order chi connectivity index (χ1) is 9.58. The molecule has 1 aliphatic rings. The molecule has 21 heavy (non-hydrogen) atoms. The Kier molecular flexibility index (Phi) is 6.59. The van der Waals surface area contributed by atoms with Gasteiger partial charge in [0.15, 0.2) is 11.4 Å². The van der Waals surface area contributed by atoms with Gasteiger partial charge in [0.25, 0.3) is 0 Å². The van der Waals surface area contributed by atoms with Gasteiger partial charge in [-0.1, -0.05) is 39.5 Å². The van der Waals surface area contributed by atoms with Crippen molar-refractivity contribution in [2.24, 2.45) is 5.41 Å². The van der Waals surface area contributed by atoms with Gasteiger partial charge in [-0.25, -0.2) is 4.79 Å². The van der Waals surface area contributed by atoms with E-state index in [4.69, 9.17) is 5.11 Å². The molecular weight excluding hydrogens is 268 g/mol. The van der Waals surface area contributed by atoms with Crippen LogP contribution in [0.2, 0.25) is 0 Å². The first-order valence-corrected chi connectivity index (χ1v) is 6.97. The average Bonchev–Trinajstić information content (AvgIpc) is 2.35. The van der Waals surface area contributed by atoms with Gasteiger partial charge >= 0.3 is 5.97 Å². The summed E-state index contributed by atoms with van der Waals surface area (Å²) in [5.41, 5.74) is -1.29. The van der Waals surface area contributed by atoms with E-state index in [0.717, 1.165) is 6.08 Å². The summed E-state index contributed by atoms with van der Waals surface area (Å²) in [5, 5.41) is 19.3. The van der Waals surface area contributed by atoms with Crippen LogP contribution in [0, 0.1) is 17.3 Å². The quantitative estimate of drug-likeness (QED) is 0.575. The Morgan fingerprint density at radius 1 is 1.38 bits per heavy atom. The maximum Gasteiger partial charge on any atom is 0.329 e. The summed E-state index contributed by atoms with van der Waals surface area (Å²) in [6.45, 7) is 10.8. The van der Waals surface area contributed by atoms with E-state index in [0.29, 0.717) is 11.1 Å². The predicted molar refractivity (Wildman–Crippen MR) is 82.6 cm³/mol. The smallest absolute Gasteiger partial charge is 0.329 e. The minimum Gasteiger partial charge on any atom is -0.478 e. The number of ketones is 1. The van der Waals surface area contributed by atoms with Crippen molar-refractivity contribution in [2.75, 3.05) is 0 Å². The zero-order valence-electron chi connectivity index (χ0n) is 13.6. The van der Waals surface area contributed by atoms with Crippen LogP contribution in [0.4, 0.5) is 0 Å². The second-order valence-corrected chi connectivity index (χ2v) is 5.48. The van der Waals surface area contributed by atoms with Gasteiger partial charge in [0, 0.05) is 23.5 Å². The number of carbonyl (C=O) groups excluding carboxylic acids is 1. The molecule has 0 aliphatic heterocycles. The third kappa shape index (κ3) is 4.57. The van der Waals surface area contributed by atoms with Gasteiger partial charge in [-0.3, -0.25) is 4.79 Å². The van der Waals surface area contributed by atoms with Crippen molar-refractivity contribution in [3.05, 3.63) is 23.3 Å². The molecule has 0 spiro atoms. The molecule has 0 aromatic rings. The molecule has 4 nitrogen and oxygen atoms in total. The zero-order valence-corrected chi connectivity index (χ0v) is 13.6. The molecule has 0 radical (unpaired) electrons. The Balaban J connectivity index is 0.00000191. The fourth-order valence-corrected chi connectivity index (χ4v) is 2.17. The number of aliphatic carboxylic acids is 1. The van der Waals surface area contributed by atoms with Crippen LogP contribution in [0.15, 0.2) is 23.3 Å². The van der Waals surface area contributed by atoms with E-state index in [1.165, 1.54) is 6.08 Å². The largest absolute Gasteiger partial charge is 0.478 e. The van der Waals surface area contributed by atoms with Crippen LogP contribution in [0.25, 0.3) is 0 Å². The van der Waals surface area contributed by atoms with Crippen molar-refractivity contribution < 1.29 is 19.8 Å². The molecule has 0 bridgehead atoms. The third-order valence-corrected chi connectivity index (χ3v) is 3.32. The van der Waals surface area contributed by atoms with E-state index in [1.807, 2.05) is 13.8 Å². The minimum atomic E-state index is -1.42. The molecule has 0 aromatic heterocycles. The fourth-order valence-electron chi connectivity index (χ4n) is 2.17. The van der Waals surface area contributed by atoms with Gasteiger partial charge in [-0.05, 0) is 25.5 Å². The summed E-state index contributed by atoms with van der Waals surface area (Å²) in [4.78, 5) is 22.0. The number of carboxylic acids is 1. The van der Waals surface area contributed by atoms with Crippen LogP contribution < -0.4 is 0 Å². The highest BCUT2D eigenvalue weighted by Gasteiger charge is 2.47. The SMILES string of the molecule is CC.CC1=CC(=O)CC(C)(C)C1(O)C#C/C(C)=C\C(=O)O. The van der Waals surface area contributed by atoms with E-state index in [9.17, 15) is 14.7 Å². The molecule has 1 aliphatic carbocycles. The Morgan fingerprint density at radius 3 is 2.33 bits per heavy atom. The lowest BCUT2D eigenvalue weighted by atomic mass is 9.65. The Labute approximate surface area is 126 Å². The fraction of sp³-hybridized carbons (Fsp3) is 0.529. The van der Waals surface area contributed by atoms with Crippen LogP contribution in [0.1, 0.15) is 48.0 Å². The number of carboxylic acid groups (broad SMARTS) is 1. The van der Waals surface area contributed by atoms with E-state index in [-0.39, 0.29) is 12.2 Å². The molecule has 116 valence electrons. The topological polar surface area (TPSA) is 74.6 Å². The number of hydrogen-bond acceptors (Lipinski definition) is 3. The van der Waals surface area contributed by atoms with Crippen molar-refractivity contribution >= 4 is 11.8 Å². The maximum absolute atomic E-state index is 11.5. The summed E-state index contributed by atoms with van der Waals surface area (Å²) in [5.74, 6) is 4.26. The molecule has 0 aromatic carbocycles. The van der Waals surface area contributed by atoms with Gasteiger partial charge in [0.2, 0.25) is 0 Å². The number of allylic oxidation sites excluding steroid dienone is 2. The van der Waals surface area contributed by atoms with Crippen molar-refractivity contribution in [3.63, 3.8) is 0 Å². The van der Waals surface area contributed by atoms with Gasteiger partial charge in [0.1, 0.15) is 0 Å². The molecule has 0 saturated heterocycles. The van der Waals surface area contributed by atoms with E-state index in [1.54, 1.807) is 27.7 Å². The third-order valence-electron chi connectivity index (χ3n) is 3.32. The number of hydrogen-bond donors (Lipinski definition) is 2. The van der Waals surface area contributed by atoms with E-state index in [2.05, 4.69) is 11.8 Å². The van der Waals surface area contributed by atoms with Crippen molar-refractivity contribution in [2.45, 2.75) is 53.6 Å². The van der Waals surface area contributed by atoms with Crippen LogP contribution in [0.3, 0.4) is 0 Å². The predicted octanol–water partition coefficient (Wildman–Crippen LogP) is 2.72. The number of aliphatic hydroxyl groups is 1. The first kappa shape index (κ1) is 19.1. The Morgan fingerprint density at radius 2 is 1.90 bits per heavy atom. The van der Waals surface area contributed by atoms with Crippen LogP contribution >= 0.6 is 0 Å². The molecular formula is C17H24O4. The lowest BCUT2D eigenvalue weighted by molar-refractivity contribution is -0.131. The number of rotatable bonds is 1. The van der Waals surface area contributed by atoms with Gasteiger partial charge in [0.05, 0.1) is 0 Å². The van der Waals surface area contributed by atoms with Crippen LogP contribution in [-0.4, -0.2) is 27.6 Å². The Bertz CT molecular complexity index is 541.